The molecule has 0 fully saturated rings. The third-order valence-electron chi connectivity index (χ3n) is 5.37. The maximum atomic E-state index is 16.2. The summed E-state index contributed by atoms with van der Waals surface area (Å²) in [4.78, 5) is 11.3. The van der Waals surface area contributed by atoms with E-state index < -0.39 is 5.79 Å². The van der Waals surface area contributed by atoms with Crippen LogP contribution in [0, 0.1) is 0 Å². The summed E-state index contributed by atoms with van der Waals surface area (Å²) in [7, 11) is 0. The number of anilines is 1. The zero-order valence-electron chi connectivity index (χ0n) is 15.4. The van der Waals surface area contributed by atoms with Crippen LogP contribution in [0.5, 0.6) is 0 Å². The molecule has 4 heteroatoms. The van der Waals surface area contributed by atoms with Gasteiger partial charge in [0.1, 0.15) is 0 Å². The molecule has 1 atom stereocenters. The first kappa shape index (κ1) is 18.1. The molecule has 2 N–H and O–H groups in total. The van der Waals surface area contributed by atoms with E-state index in [-0.39, 0.29) is 6.61 Å². The summed E-state index contributed by atoms with van der Waals surface area (Å²) in [6, 6.07) is 21.7. The number of aldehydes is 1. The van der Waals surface area contributed by atoms with Gasteiger partial charge in [0, 0.05) is 22.4 Å². The molecule has 1 heterocycles. The summed E-state index contributed by atoms with van der Waals surface area (Å²) < 4.78 is 16.2. The second kappa shape index (κ2) is 7.06. The average molecular weight is 373 g/mol. The molecule has 1 unspecified atom stereocenters. The first-order valence-electron chi connectivity index (χ1n) is 9.11. The fourth-order valence-electron chi connectivity index (χ4n) is 3.78. The number of halogens is 1. The maximum Gasteiger partial charge on any atom is 0.228 e. The van der Waals surface area contributed by atoms with Crippen LogP contribution in [0.15, 0.2) is 78.4 Å². The van der Waals surface area contributed by atoms with Crippen LogP contribution < -0.4 is 5.32 Å². The van der Waals surface area contributed by atoms with Crippen LogP contribution in [0.25, 0.3) is 16.7 Å². The number of hydrogen-bond acceptors (Lipinski definition) is 3. The van der Waals surface area contributed by atoms with Crippen LogP contribution in [-0.4, -0.2) is 18.0 Å². The molecule has 1 aliphatic rings. The lowest BCUT2D eigenvalue weighted by molar-refractivity contribution is 0.112. The predicted molar refractivity (Wildman–Crippen MR) is 110 cm³/mol. The molecule has 140 valence electrons. The Morgan fingerprint density at radius 1 is 0.964 bits per heavy atom. The van der Waals surface area contributed by atoms with Gasteiger partial charge in [-0.3, -0.25) is 4.79 Å². The van der Waals surface area contributed by atoms with Crippen molar-refractivity contribution in [1.29, 1.82) is 0 Å². The highest BCUT2D eigenvalue weighted by Gasteiger charge is 2.39. The summed E-state index contributed by atoms with van der Waals surface area (Å²) in [5, 5.41) is 12.8. The van der Waals surface area contributed by atoms with Crippen molar-refractivity contribution in [3.8, 4) is 11.1 Å². The standard InChI is InChI=1S/C24H20FNO2/c1-16-22(15-28)21-8-4-5-9-23(21)26-24(16,25)19-12-10-17(11-13-19)20-7-3-2-6-18(20)14-27/h2-14,26,28H,15H2,1H3. The number of rotatable bonds is 4. The van der Waals surface area contributed by atoms with E-state index in [4.69, 9.17) is 0 Å². The lowest BCUT2D eigenvalue weighted by Crippen LogP contribution is -2.35. The summed E-state index contributed by atoms with van der Waals surface area (Å²) in [6.45, 7) is 1.46. The Labute approximate surface area is 163 Å². The molecule has 28 heavy (non-hydrogen) atoms. The smallest absolute Gasteiger partial charge is 0.228 e. The van der Waals surface area contributed by atoms with Gasteiger partial charge in [-0.15, -0.1) is 0 Å². The van der Waals surface area contributed by atoms with E-state index >= 15 is 4.39 Å². The van der Waals surface area contributed by atoms with E-state index in [0.29, 0.717) is 28.0 Å². The van der Waals surface area contributed by atoms with E-state index in [1.807, 2.05) is 48.5 Å². The normalized spacial score (nSPS) is 18.4. The second-order valence-corrected chi connectivity index (χ2v) is 6.87. The van der Waals surface area contributed by atoms with Crippen LogP contribution in [0.4, 0.5) is 10.1 Å². The number of hydrogen-bond donors (Lipinski definition) is 2. The molecule has 0 radical (unpaired) electrons. The molecule has 4 rings (SSSR count). The number of nitrogens with one attached hydrogen (secondary N) is 1. The summed E-state index contributed by atoms with van der Waals surface area (Å²) in [5.41, 5.74) is 5.17. The van der Waals surface area contributed by atoms with Gasteiger partial charge in [0.15, 0.2) is 6.29 Å². The second-order valence-electron chi connectivity index (χ2n) is 6.87. The van der Waals surface area contributed by atoms with Gasteiger partial charge in [0.2, 0.25) is 5.79 Å². The van der Waals surface area contributed by atoms with E-state index in [9.17, 15) is 9.90 Å². The number of alkyl halides is 1. The fourth-order valence-corrected chi connectivity index (χ4v) is 3.78. The van der Waals surface area contributed by atoms with Gasteiger partial charge >= 0.3 is 0 Å². The lowest BCUT2D eigenvalue weighted by Gasteiger charge is -2.36. The van der Waals surface area contributed by atoms with Gasteiger partial charge in [0.05, 0.1) is 6.61 Å². The van der Waals surface area contributed by atoms with Crippen LogP contribution in [0.1, 0.15) is 28.4 Å². The van der Waals surface area contributed by atoms with Crippen LogP contribution >= 0.6 is 0 Å². The van der Waals surface area contributed by atoms with Crippen molar-refractivity contribution in [3.63, 3.8) is 0 Å². The Kier molecular flexibility index (Phi) is 4.57. The van der Waals surface area contributed by atoms with Crippen LogP contribution in [0.2, 0.25) is 0 Å². The molecule has 1 aliphatic heterocycles. The third-order valence-corrected chi connectivity index (χ3v) is 5.37. The van der Waals surface area contributed by atoms with Crippen LogP contribution in [-0.2, 0) is 5.79 Å². The zero-order chi connectivity index (χ0) is 19.7. The van der Waals surface area contributed by atoms with Crippen molar-refractivity contribution < 1.29 is 14.3 Å². The van der Waals surface area contributed by atoms with E-state index in [0.717, 1.165) is 23.0 Å². The Balaban J connectivity index is 1.78. The topological polar surface area (TPSA) is 49.3 Å². The van der Waals surface area contributed by atoms with E-state index in [2.05, 4.69) is 5.32 Å². The number of para-hydroxylation sites is 1. The zero-order valence-corrected chi connectivity index (χ0v) is 15.4. The molecule has 0 amide bonds. The molecular weight excluding hydrogens is 353 g/mol. The molecule has 0 saturated heterocycles. The van der Waals surface area contributed by atoms with Crippen molar-refractivity contribution in [1.82, 2.24) is 0 Å². The lowest BCUT2D eigenvalue weighted by atomic mass is 9.85. The minimum Gasteiger partial charge on any atom is -0.392 e. The fraction of sp³-hybridized carbons (Fsp3) is 0.125. The third kappa shape index (κ3) is 2.83. The average Bonchev–Trinajstić information content (AvgIpc) is 2.75. The number of carbonyl (C=O) groups excluding carboxylic acids is 1. The Morgan fingerprint density at radius 2 is 1.61 bits per heavy atom. The molecule has 0 aliphatic carbocycles. The van der Waals surface area contributed by atoms with E-state index in [1.54, 1.807) is 31.2 Å². The van der Waals surface area contributed by atoms with Crippen molar-refractivity contribution in [3.05, 3.63) is 95.1 Å². The van der Waals surface area contributed by atoms with Gasteiger partial charge in [-0.05, 0) is 35.3 Å². The monoisotopic (exact) mass is 373 g/mol. The highest BCUT2D eigenvalue weighted by atomic mass is 19.1. The Hall–Kier alpha value is -3.24. The number of fused-ring (bicyclic) bond motifs is 1. The summed E-state index contributed by atoms with van der Waals surface area (Å²) in [6.07, 6.45) is 0.819. The number of aliphatic hydroxyl groups is 1. The molecule has 0 spiro atoms. The number of aliphatic hydroxyl groups excluding tert-OH is 1. The predicted octanol–water partition coefficient (Wildman–Crippen LogP) is 5.18. The quantitative estimate of drug-likeness (QED) is 0.489. The number of benzene rings is 3. The van der Waals surface area contributed by atoms with Crippen molar-refractivity contribution >= 4 is 17.5 Å². The Morgan fingerprint density at radius 3 is 2.29 bits per heavy atom. The van der Waals surface area contributed by atoms with Gasteiger partial charge in [-0.2, -0.15) is 0 Å². The molecule has 0 saturated carbocycles. The van der Waals surface area contributed by atoms with E-state index in [1.165, 1.54) is 0 Å². The van der Waals surface area contributed by atoms with Crippen LogP contribution in [0.3, 0.4) is 0 Å². The molecule has 3 nitrogen and oxygen atoms in total. The molecule has 3 aromatic carbocycles. The van der Waals surface area contributed by atoms with Crippen molar-refractivity contribution in [2.45, 2.75) is 12.7 Å². The molecule has 0 bridgehead atoms. The minimum atomic E-state index is -1.92. The van der Waals surface area contributed by atoms with Crippen molar-refractivity contribution in [2.75, 3.05) is 11.9 Å². The largest absolute Gasteiger partial charge is 0.392 e. The van der Waals surface area contributed by atoms with Gasteiger partial charge < -0.3 is 10.4 Å². The molecule has 3 aromatic rings. The number of carbonyl (C=O) groups is 1. The highest BCUT2D eigenvalue weighted by Crippen LogP contribution is 2.45. The summed E-state index contributed by atoms with van der Waals surface area (Å²) >= 11 is 0. The summed E-state index contributed by atoms with van der Waals surface area (Å²) in [5.74, 6) is -1.92. The van der Waals surface area contributed by atoms with Gasteiger partial charge in [-0.25, -0.2) is 4.39 Å². The van der Waals surface area contributed by atoms with Crippen molar-refractivity contribution in [2.24, 2.45) is 0 Å². The molecular formula is C24H20FNO2. The first-order chi connectivity index (χ1) is 13.6. The molecule has 0 aromatic heterocycles. The minimum absolute atomic E-state index is 0.235. The highest BCUT2D eigenvalue weighted by molar-refractivity contribution is 5.88. The van der Waals surface area contributed by atoms with Gasteiger partial charge in [0.25, 0.3) is 0 Å². The Bertz CT molecular complexity index is 1070. The maximum absolute atomic E-state index is 16.2. The SMILES string of the molecule is CC1=C(CO)c2ccccc2NC1(F)c1ccc(-c2ccccc2C=O)cc1. The first-order valence-corrected chi connectivity index (χ1v) is 9.11. The van der Waals surface area contributed by atoms with Gasteiger partial charge in [-0.1, -0.05) is 66.7 Å².